The summed E-state index contributed by atoms with van der Waals surface area (Å²) in [7, 11) is 0. The van der Waals surface area contributed by atoms with E-state index in [2.05, 4.69) is 149 Å². The number of nitrogens with zero attached hydrogens (tertiary/aromatic N) is 1. The Kier molecular flexibility index (Phi) is 8.80. The summed E-state index contributed by atoms with van der Waals surface area (Å²) in [6.45, 7) is 30.2. The summed E-state index contributed by atoms with van der Waals surface area (Å²) < 4.78 is 2.54. The van der Waals surface area contributed by atoms with Gasteiger partial charge in [0.05, 0.1) is 16.0 Å². The third-order valence-corrected chi connectivity index (χ3v) is 11.1. The minimum Gasteiger partial charge on any atom is -0.153 e. The molecule has 3 heteroatoms. The highest BCUT2D eigenvalue weighted by atomic mass is 35.5. The van der Waals surface area contributed by atoms with Gasteiger partial charge in [0.1, 0.15) is 0 Å². The predicted molar refractivity (Wildman–Crippen MR) is 198 cm³/mol. The summed E-state index contributed by atoms with van der Waals surface area (Å²) in [6, 6.07) is 18.9. The Labute approximate surface area is 283 Å². The summed E-state index contributed by atoms with van der Waals surface area (Å²) in [5.41, 5.74) is 15.5. The average molecular weight is 641 g/mol. The van der Waals surface area contributed by atoms with Crippen LogP contribution in [0.3, 0.4) is 0 Å². The fourth-order valence-electron chi connectivity index (χ4n) is 6.50. The van der Waals surface area contributed by atoms with Crippen LogP contribution in [0.5, 0.6) is 0 Å². The second-order valence-corrected chi connectivity index (χ2v) is 19.0. The lowest BCUT2D eigenvalue weighted by molar-refractivity contribution is -0.598. The first-order valence-corrected chi connectivity index (χ1v) is 18.1. The molecule has 0 saturated heterocycles. The summed E-state index contributed by atoms with van der Waals surface area (Å²) in [6.07, 6.45) is 3.60. The maximum absolute atomic E-state index is 7.16. The van der Waals surface area contributed by atoms with E-state index in [1.54, 1.807) is 0 Å². The van der Waals surface area contributed by atoms with Gasteiger partial charge in [0.2, 0.25) is 16.9 Å². The molecule has 1 unspecified atom stereocenters. The van der Waals surface area contributed by atoms with E-state index in [-0.39, 0.29) is 21.7 Å². The van der Waals surface area contributed by atoms with E-state index in [1.165, 1.54) is 73.6 Å². The Bertz CT molecular complexity index is 1570. The minimum absolute atomic E-state index is 0.0182. The van der Waals surface area contributed by atoms with Gasteiger partial charge in [-0.1, -0.05) is 149 Å². The van der Waals surface area contributed by atoms with E-state index in [0.29, 0.717) is 5.92 Å². The molecule has 0 saturated carbocycles. The Balaban J connectivity index is 1.93. The van der Waals surface area contributed by atoms with Crippen LogP contribution in [0.15, 0.2) is 54.0 Å². The van der Waals surface area contributed by atoms with Crippen molar-refractivity contribution in [2.24, 2.45) is 0 Å². The van der Waals surface area contributed by atoms with Crippen molar-refractivity contribution in [2.75, 3.05) is 0 Å². The molecule has 0 aliphatic heterocycles. The Hall–Kier alpha value is -2.42. The van der Waals surface area contributed by atoms with E-state index in [4.69, 9.17) is 11.6 Å². The summed E-state index contributed by atoms with van der Waals surface area (Å²) in [5.74, 6) is 0.590. The van der Waals surface area contributed by atoms with Gasteiger partial charge in [-0.05, 0) is 85.9 Å². The van der Waals surface area contributed by atoms with E-state index >= 15 is 0 Å². The van der Waals surface area contributed by atoms with Crippen molar-refractivity contribution in [3.05, 3.63) is 91.9 Å². The largest absolute Gasteiger partial charge is 0.231 e. The highest BCUT2D eigenvalue weighted by molar-refractivity contribution is 7.09. The van der Waals surface area contributed by atoms with Crippen LogP contribution in [-0.4, -0.2) is 0 Å². The van der Waals surface area contributed by atoms with Crippen molar-refractivity contribution >= 4 is 22.9 Å². The number of rotatable bonds is 3. The lowest BCUT2D eigenvalue weighted by atomic mass is 9.77. The van der Waals surface area contributed by atoms with Crippen LogP contribution in [-0.2, 0) is 28.1 Å². The van der Waals surface area contributed by atoms with E-state index < -0.39 is 0 Å². The number of aromatic nitrogens is 1. The fraction of sp³-hybridized carbons (Fsp3) is 0.500. The summed E-state index contributed by atoms with van der Waals surface area (Å²) in [4.78, 5) is 1.53. The van der Waals surface area contributed by atoms with E-state index in [9.17, 15) is 0 Å². The molecule has 0 fully saturated rings. The van der Waals surface area contributed by atoms with Crippen LogP contribution in [0.2, 0.25) is 5.02 Å². The van der Waals surface area contributed by atoms with Gasteiger partial charge in [0.15, 0.2) is 0 Å². The third-order valence-electron chi connectivity index (χ3n) is 9.63. The number of halogens is 1. The van der Waals surface area contributed by atoms with Crippen molar-refractivity contribution in [3.63, 3.8) is 0 Å². The Morgan fingerprint density at radius 3 is 1.40 bits per heavy atom. The number of benzene rings is 3. The molecule has 1 atom stereocenters. The quantitative estimate of drug-likeness (QED) is 0.196. The predicted octanol–water partition coefficient (Wildman–Crippen LogP) is 12.6. The molecule has 0 radical (unpaired) electrons. The monoisotopic (exact) mass is 640 g/mol. The number of hydrogen-bond donors (Lipinski definition) is 0. The molecule has 0 bridgehead atoms. The van der Waals surface area contributed by atoms with Crippen LogP contribution in [0.25, 0.3) is 27.9 Å². The first kappa shape index (κ1) is 33.9. The van der Waals surface area contributed by atoms with Crippen molar-refractivity contribution < 1.29 is 4.57 Å². The molecule has 4 aromatic rings. The zero-order chi connectivity index (χ0) is 33.3. The molecule has 240 valence electrons. The summed E-state index contributed by atoms with van der Waals surface area (Å²) in [5, 5.41) is 0.777. The van der Waals surface area contributed by atoms with Crippen LogP contribution in [0, 0.1) is 0 Å². The van der Waals surface area contributed by atoms with E-state index in [0.717, 1.165) is 11.4 Å². The second-order valence-electron chi connectivity index (χ2n) is 17.6. The van der Waals surface area contributed by atoms with Crippen LogP contribution in [0.4, 0.5) is 0 Å². The van der Waals surface area contributed by atoms with Crippen molar-refractivity contribution in [1.29, 1.82) is 0 Å². The highest BCUT2D eigenvalue weighted by Gasteiger charge is 2.34. The SMILES string of the molecule is CC1CCCc2c1sc[n+]2-c1c(-c2cc(C(C)(C)C)cc(C(C)(C)C)c2)cc(Cl)cc1-c1cc(C(C)(C)C)cc(C(C)(C)C)c1. The maximum Gasteiger partial charge on any atom is 0.231 e. The molecule has 0 N–H and O–H groups in total. The van der Waals surface area contributed by atoms with Crippen LogP contribution in [0.1, 0.15) is 142 Å². The fourth-order valence-corrected chi connectivity index (χ4v) is 7.85. The molecule has 1 aliphatic carbocycles. The van der Waals surface area contributed by atoms with Gasteiger partial charge in [-0.15, -0.1) is 0 Å². The van der Waals surface area contributed by atoms with Gasteiger partial charge in [-0.2, -0.15) is 4.57 Å². The molecule has 0 amide bonds. The topological polar surface area (TPSA) is 3.88 Å². The molecule has 1 heterocycles. The average Bonchev–Trinajstić information content (AvgIpc) is 3.35. The molecule has 1 nitrogen and oxygen atoms in total. The number of fused-ring (bicyclic) bond motifs is 1. The molecule has 45 heavy (non-hydrogen) atoms. The van der Waals surface area contributed by atoms with Crippen LogP contribution < -0.4 is 4.57 Å². The lowest BCUT2D eigenvalue weighted by Crippen LogP contribution is -2.36. The lowest BCUT2D eigenvalue weighted by Gasteiger charge is -2.27. The highest BCUT2D eigenvalue weighted by Crippen LogP contribution is 2.43. The molecular formula is C42H55ClNS+. The molecule has 0 spiro atoms. The van der Waals surface area contributed by atoms with Crippen molar-refractivity contribution in [2.45, 2.75) is 137 Å². The summed E-state index contributed by atoms with van der Waals surface area (Å²) >= 11 is 9.09. The van der Waals surface area contributed by atoms with Gasteiger partial charge < -0.3 is 0 Å². The number of thiazole rings is 1. The van der Waals surface area contributed by atoms with Crippen molar-refractivity contribution in [3.8, 4) is 27.9 Å². The zero-order valence-corrected chi connectivity index (χ0v) is 31.7. The smallest absolute Gasteiger partial charge is 0.153 e. The van der Waals surface area contributed by atoms with Gasteiger partial charge in [0, 0.05) is 11.4 Å². The first-order valence-electron chi connectivity index (χ1n) is 16.8. The van der Waals surface area contributed by atoms with Gasteiger partial charge in [0.25, 0.3) is 0 Å². The standard InChI is InChI=1S/C42H55ClNS/c1-26-15-14-16-36-38(26)45-25-44(36)37-34(27-17-29(39(2,3)4)21-30(18-27)40(5,6)7)23-33(43)24-35(37)28-19-31(41(8,9)10)22-32(20-28)42(11,12)13/h17-26H,14-16H2,1-13H3/q+1. The maximum atomic E-state index is 7.16. The molecule has 3 aromatic carbocycles. The Morgan fingerprint density at radius 1 is 0.622 bits per heavy atom. The van der Waals surface area contributed by atoms with Gasteiger partial charge >= 0.3 is 0 Å². The Morgan fingerprint density at radius 2 is 1.02 bits per heavy atom. The van der Waals surface area contributed by atoms with E-state index in [1.807, 2.05) is 11.3 Å². The number of hydrogen-bond acceptors (Lipinski definition) is 1. The normalized spacial score (nSPS) is 16.2. The minimum atomic E-state index is 0.0182. The van der Waals surface area contributed by atoms with Crippen LogP contribution >= 0.6 is 22.9 Å². The zero-order valence-electron chi connectivity index (χ0n) is 30.1. The van der Waals surface area contributed by atoms with Gasteiger partial charge in [-0.3, -0.25) is 0 Å². The molecule has 5 rings (SSSR count). The third kappa shape index (κ3) is 6.98. The molecular weight excluding hydrogens is 586 g/mol. The molecule has 1 aliphatic rings. The van der Waals surface area contributed by atoms with Gasteiger partial charge in [-0.25, -0.2) is 0 Å². The second kappa shape index (κ2) is 11.7. The first-order chi connectivity index (χ1) is 20.6. The molecule has 1 aromatic heterocycles. The van der Waals surface area contributed by atoms with Crippen molar-refractivity contribution in [1.82, 2.24) is 0 Å².